The molecule has 1 saturated heterocycles. The van der Waals surface area contributed by atoms with E-state index in [4.69, 9.17) is 9.47 Å². The van der Waals surface area contributed by atoms with Crippen LogP contribution in [0, 0.1) is 0 Å². The number of ether oxygens (including phenoxy) is 2. The molecule has 0 aromatic heterocycles. The molecule has 0 amide bonds. The zero-order valence-corrected chi connectivity index (χ0v) is 7.12. The summed E-state index contributed by atoms with van der Waals surface area (Å²) in [7, 11) is 0. The Balaban J connectivity index is 2.28. The van der Waals surface area contributed by atoms with Gasteiger partial charge in [-0.1, -0.05) is 37.3 Å². The lowest BCUT2D eigenvalue weighted by Crippen LogP contribution is -2.43. The van der Waals surface area contributed by atoms with Crippen molar-refractivity contribution in [2.24, 2.45) is 0 Å². The van der Waals surface area contributed by atoms with Crippen LogP contribution in [0.3, 0.4) is 0 Å². The van der Waals surface area contributed by atoms with E-state index in [0.717, 1.165) is 12.0 Å². The molecule has 0 saturated carbocycles. The Kier molecular flexibility index (Phi) is 1.87. The lowest BCUT2D eigenvalue weighted by molar-refractivity contribution is -0.409. The second-order valence-corrected chi connectivity index (χ2v) is 2.88. The second-order valence-electron chi connectivity index (χ2n) is 2.88. The van der Waals surface area contributed by atoms with Crippen molar-refractivity contribution in [3.63, 3.8) is 0 Å². The van der Waals surface area contributed by atoms with E-state index in [-0.39, 0.29) is 0 Å². The highest BCUT2D eigenvalue weighted by molar-refractivity contribution is 5.20. The van der Waals surface area contributed by atoms with Crippen molar-refractivity contribution >= 4 is 0 Å². The van der Waals surface area contributed by atoms with E-state index < -0.39 is 5.79 Å². The monoisotopic (exact) mass is 164 g/mol. The largest absolute Gasteiger partial charge is 0.319 e. The van der Waals surface area contributed by atoms with Crippen molar-refractivity contribution in [2.75, 3.05) is 6.79 Å². The molecule has 0 N–H and O–H groups in total. The Bertz CT molecular complexity index is 246. The highest BCUT2D eigenvalue weighted by Crippen LogP contribution is 2.37. The second kappa shape index (κ2) is 2.88. The highest BCUT2D eigenvalue weighted by Gasteiger charge is 2.39. The first-order chi connectivity index (χ1) is 5.87. The molecule has 0 atom stereocenters. The predicted octanol–water partition coefficient (Wildman–Crippen LogP) is 2.25. The van der Waals surface area contributed by atoms with Crippen LogP contribution in [0.2, 0.25) is 0 Å². The molecule has 1 aliphatic heterocycles. The summed E-state index contributed by atoms with van der Waals surface area (Å²) in [6.07, 6.45) is 0.858. The first-order valence-electron chi connectivity index (χ1n) is 4.21. The molecule has 0 radical (unpaired) electrons. The zero-order valence-electron chi connectivity index (χ0n) is 7.12. The minimum atomic E-state index is -0.443. The van der Waals surface area contributed by atoms with E-state index in [1.54, 1.807) is 0 Å². The number of rotatable bonds is 2. The van der Waals surface area contributed by atoms with Gasteiger partial charge in [-0.15, -0.1) is 0 Å². The van der Waals surface area contributed by atoms with Gasteiger partial charge in [0.2, 0.25) is 0 Å². The summed E-state index contributed by atoms with van der Waals surface area (Å²) >= 11 is 0. The van der Waals surface area contributed by atoms with E-state index in [2.05, 4.69) is 6.92 Å². The van der Waals surface area contributed by atoms with Crippen LogP contribution in [-0.2, 0) is 15.3 Å². The highest BCUT2D eigenvalue weighted by atomic mass is 16.9. The van der Waals surface area contributed by atoms with E-state index in [9.17, 15) is 0 Å². The Hall–Kier alpha value is -0.860. The fourth-order valence-corrected chi connectivity index (χ4v) is 1.47. The Morgan fingerprint density at radius 1 is 1.25 bits per heavy atom. The Morgan fingerprint density at radius 3 is 2.33 bits per heavy atom. The summed E-state index contributed by atoms with van der Waals surface area (Å²) in [6, 6.07) is 10.0. The Morgan fingerprint density at radius 2 is 1.92 bits per heavy atom. The van der Waals surface area contributed by atoms with Crippen LogP contribution in [0.5, 0.6) is 0 Å². The number of hydrogen-bond acceptors (Lipinski definition) is 2. The minimum Gasteiger partial charge on any atom is -0.319 e. The third kappa shape index (κ3) is 1.04. The molecule has 0 unspecified atom stereocenters. The van der Waals surface area contributed by atoms with Crippen LogP contribution in [0.15, 0.2) is 30.3 Å². The van der Waals surface area contributed by atoms with Gasteiger partial charge >= 0.3 is 0 Å². The van der Waals surface area contributed by atoms with Crippen molar-refractivity contribution in [3.05, 3.63) is 35.9 Å². The SMILES string of the molecule is CCC1(c2ccccc2)OCO1. The molecule has 1 heterocycles. The van der Waals surface area contributed by atoms with Crippen molar-refractivity contribution in [1.82, 2.24) is 0 Å². The van der Waals surface area contributed by atoms with E-state index in [1.165, 1.54) is 0 Å². The quantitative estimate of drug-likeness (QED) is 0.667. The van der Waals surface area contributed by atoms with Crippen molar-refractivity contribution in [3.8, 4) is 0 Å². The van der Waals surface area contributed by atoms with Crippen molar-refractivity contribution in [1.29, 1.82) is 0 Å². The third-order valence-electron chi connectivity index (χ3n) is 2.26. The molecule has 2 nitrogen and oxygen atoms in total. The third-order valence-corrected chi connectivity index (χ3v) is 2.26. The van der Waals surface area contributed by atoms with E-state index in [1.807, 2.05) is 30.3 Å². The summed E-state index contributed by atoms with van der Waals surface area (Å²) < 4.78 is 10.9. The van der Waals surface area contributed by atoms with Gasteiger partial charge in [0.25, 0.3) is 0 Å². The van der Waals surface area contributed by atoms with E-state index >= 15 is 0 Å². The smallest absolute Gasteiger partial charge is 0.199 e. The summed E-state index contributed by atoms with van der Waals surface area (Å²) in [5, 5.41) is 0. The molecular weight excluding hydrogens is 152 g/mol. The summed E-state index contributed by atoms with van der Waals surface area (Å²) in [6.45, 7) is 2.48. The van der Waals surface area contributed by atoms with Gasteiger partial charge in [0.1, 0.15) is 0 Å². The molecule has 1 fully saturated rings. The molecule has 64 valence electrons. The first kappa shape index (κ1) is 7.77. The fourth-order valence-electron chi connectivity index (χ4n) is 1.47. The summed E-state index contributed by atoms with van der Waals surface area (Å²) in [5.74, 6) is -0.443. The molecule has 2 heteroatoms. The van der Waals surface area contributed by atoms with Crippen LogP contribution in [-0.4, -0.2) is 6.79 Å². The first-order valence-corrected chi connectivity index (χ1v) is 4.21. The fraction of sp³-hybridized carbons (Fsp3) is 0.400. The number of hydrogen-bond donors (Lipinski definition) is 0. The maximum atomic E-state index is 5.43. The van der Waals surface area contributed by atoms with Gasteiger partial charge in [-0.2, -0.15) is 0 Å². The standard InChI is InChI=1S/C10H12O2/c1-2-10(11-8-12-10)9-6-4-3-5-7-9/h3-7H,2,8H2,1H3. The average Bonchev–Trinajstić information content (AvgIpc) is 2.05. The number of benzene rings is 1. The van der Waals surface area contributed by atoms with Crippen LogP contribution in [0.25, 0.3) is 0 Å². The van der Waals surface area contributed by atoms with Gasteiger partial charge < -0.3 is 9.47 Å². The summed E-state index contributed by atoms with van der Waals surface area (Å²) in [4.78, 5) is 0. The van der Waals surface area contributed by atoms with Gasteiger partial charge in [-0.05, 0) is 0 Å². The maximum Gasteiger partial charge on any atom is 0.199 e. The van der Waals surface area contributed by atoms with Gasteiger partial charge in [0.15, 0.2) is 12.6 Å². The van der Waals surface area contributed by atoms with Gasteiger partial charge in [-0.25, -0.2) is 0 Å². The molecular formula is C10H12O2. The normalized spacial score (nSPS) is 20.1. The Labute approximate surface area is 72.1 Å². The van der Waals surface area contributed by atoms with Crippen molar-refractivity contribution in [2.45, 2.75) is 19.1 Å². The van der Waals surface area contributed by atoms with Gasteiger partial charge in [0.05, 0.1) is 0 Å². The molecule has 12 heavy (non-hydrogen) atoms. The molecule has 1 aromatic carbocycles. The molecule has 0 aliphatic carbocycles. The van der Waals surface area contributed by atoms with Gasteiger partial charge in [0, 0.05) is 12.0 Å². The van der Waals surface area contributed by atoms with E-state index in [0.29, 0.717) is 6.79 Å². The van der Waals surface area contributed by atoms with Crippen LogP contribution < -0.4 is 0 Å². The minimum absolute atomic E-state index is 0.419. The molecule has 1 aromatic rings. The zero-order chi connectivity index (χ0) is 8.44. The molecule has 0 spiro atoms. The van der Waals surface area contributed by atoms with Gasteiger partial charge in [-0.3, -0.25) is 0 Å². The average molecular weight is 164 g/mol. The van der Waals surface area contributed by atoms with Crippen LogP contribution in [0.4, 0.5) is 0 Å². The van der Waals surface area contributed by atoms with Crippen LogP contribution in [0.1, 0.15) is 18.9 Å². The van der Waals surface area contributed by atoms with Crippen LogP contribution >= 0.6 is 0 Å². The molecule has 1 aliphatic rings. The predicted molar refractivity (Wildman–Crippen MR) is 45.4 cm³/mol. The lowest BCUT2D eigenvalue weighted by Gasteiger charge is -2.41. The maximum absolute atomic E-state index is 5.43. The molecule has 2 rings (SSSR count). The van der Waals surface area contributed by atoms with Crippen molar-refractivity contribution < 1.29 is 9.47 Å². The summed E-state index contributed by atoms with van der Waals surface area (Å²) in [5.41, 5.74) is 1.11. The topological polar surface area (TPSA) is 18.5 Å². The lowest BCUT2D eigenvalue weighted by atomic mass is 10.0. The molecule has 0 bridgehead atoms.